The predicted octanol–water partition coefficient (Wildman–Crippen LogP) is 4.61. The van der Waals surface area contributed by atoms with Crippen LogP contribution in [-0.2, 0) is 5.88 Å². The first kappa shape index (κ1) is 12.5. The Hall–Kier alpha value is -0.910. The molecule has 0 amide bonds. The molecule has 0 saturated carbocycles. The molecule has 2 nitrogen and oxygen atoms in total. The van der Waals surface area contributed by atoms with E-state index >= 15 is 0 Å². The summed E-state index contributed by atoms with van der Waals surface area (Å²) in [5.41, 5.74) is 0. The van der Waals surface area contributed by atoms with Gasteiger partial charge in [0.25, 0.3) is 5.19 Å². The average molecular weight is 296 g/mol. The van der Waals surface area contributed by atoms with Crippen LogP contribution < -0.4 is 4.74 Å². The average Bonchev–Trinajstić information content (AvgIpc) is 2.65. The van der Waals surface area contributed by atoms with Gasteiger partial charge in [-0.3, -0.25) is 0 Å². The molecule has 17 heavy (non-hydrogen) atoms. The molecule has 7 heteroatoms. The molecule has 2 aromatic rings. The van der Waals surface area contributed by atoms with Crippen molar-refractivity contribution in [3.63, 3.8) is 0 Å². The van der Waals surface area contributed by atoms with Crippen molar-refractivity contribution in [1.82, 2.24) is 4.98 Å². The number of ether oxygens (including phenoxy) is 1. The topological polar surface area (TPSA) is 22.1 Å². The van der Waals surface area contributed by atoms with Gasteiger partial charge in [0.2, 0.25) is 5.82 Å². The summed E-state index contributed by atoms with van der Waals surface area (Å²) in [4.78, 5) is 4.45. The highest BCUT2D eigenvalue weighted by molar-refractivity contribution is 7.14. The van der Waals surface area contributed by atoms with E-state index in [1.54, 1.807) is 0 Å². The Balaban J connectivity index is 2.28. The molecule has 0 aliphatic rings. The summed E-state index contributed by atoms with van der Waals surface area (Å²) >= 11 is 12.4. The lowest BCUT2D eigenvalue weighted by Gasteiger charge is -2.02. The Morgan fingerprint density at radius 3 is 2.76 bits per heavy atom. The molecule has 90 valence electrons. The summed E-state index contributed by atoms with van der Waals surface area (Å²) in [6, 6.07) is 3.64. The van der Waals surface area contributed by atoms with Gasteiger partial charge in [-0.25, -0.2) is 4.39 Å². The largest absolute Gasteiger partial charge is 0.428 e. The van der Waals surface area contributed by atoms with Crippen LogP contribution in [0, 0.1) is 11.6 Å². The second kappa shape index (κ2) is 5.16. The SMILES string of the molecule is Fc1cccc(Oc2nc(Cl)c(CCl)s2)c1F. The van der Waals surface area contributed by atoms with E-state index < -0.39 is 11.6 Å². The van der Waals surface area contributed by atoms with Gasteiger partial charge in [0.1, 0.15) is 5.15 Å². The van der Waals surface area contributed by atoms with Gasteiger partial charge in [-0.05, 0) is 12.1 Å². The van der Waals surface area contributed by atoms with E-state index in [1.807, 2.05) is 0 Å². The number of halogens is 4. The zero-order valence-corrected chi connectivity index (χ0v) is 10.5. The van der Waals surface area contributed by atoms with Gasteiger partial charge in [0.05, 0.1) is 10.8 Å². The molecule has 0 saturated heterocycles. The van der Waals surface area contributed by atoms with Crippen LogP contribution in [0.15, 0.2) is 18.2 Å². The minimum Gasteiger partial charge on any atom is -0.428 e. The number of alkyl halides is 1. The smallest absolute Gasteiger partial charge is 0.280 e. The highest BCUT2D eigenvalue weighted by Crippen LogP contribution is 2.34. The maximum absolute atomic E-state index is 13.3. The van der Waals surface area contributed by atoms with Gasteiger partial charge in [0.15, 0.2) is 11.6 Å². The van der Waals surface area contributed by atoms with Crippen molar-refractivity contribution in [2.24, 2.45) is 0 Å². The van der Waals surface area contributed by atoms with Gasteiger partial charge in [-0.2, -0.15) is 9.37 Å². The van der Waals surface area contributed by atoms with Crippen LogP contribution in [0.5, 0.6) is 10.9 Å². The lowest BCUT2D eigenvalue weighted by Crippen LogP contribution is -1.90. The second-order valence-corrected chi connectivity index (χ2v) is 4.65. The minimum absolute atomic E-state index is 0.121. The number of aromatic nitrogens is 1. The molecule has 0 radical (unpaired) electrons. The third kappa shape index (κ3) is 2.68. The Kier molecular flexibility index (Phi) is 3.81. The Morgan fingerprint density at radius 1 is 1.35 bits per heavy atom. The summed E-state index contributed by atoms with van der Waals surface area (Å²) in [6.07, 6.45) is 0. The number of benzene rings is 1. The van der Waals surface area contributed by atoms with Crippen molar-refractivity contribution in [2.45, 2.75) is 5.88 Å². The molecule has 0 atom stereocenters. The third-order valence-corrected chi connectivity index (χ3v) is 3.65. The fourth-order valence-corrected chi connectivity index (χ4v) is 2.43. The van der Waals surface area contributed by atoms with Crippen LogP contribution >= 0.6 is 34.5 Å². The van der Waals surface area contributed by atoms with E-state index in [-0.39, 0.29) is 22.0 Å². The molecular weight excluding hydrogens is 291 g/mol. The highest BCUT2D eigenvalue weighted by atomic mass is 35.5. The van der Waals surface area contributed by atoms with Crippen molar-refractivity contribution >= 4 is 34.5 Å². The van der Waals surface area contributed by atoms with Crippen LogP contribution in [0.3, 0.4) is 0 Å². The first-order chi connectivity index (χ1) is 8.11. The van der Waals surface area contributed by atoms with E-state index in [4.69, 9.17) is 27.9 Å². The quantitative estimate of drug-likeness (QED) is 0.772. The Morgan fingerprint density at radius 2 is 2.12 bits per heavy atom. The lowest BCUT2D eigenvalue weighted by molar-refractivity contribution is 0.414. The van der Waals surface area contributed by atoms with E-state index in [2.05, 4.69) is 4.98 Å². The van der Waals surface area contributed by atoms with E-state index in [1.165, 1.54) is 12.1 Å². The zero-order valence-electron chi connectivity index (χ0n) is 8.21. The van der Waals surface area contributed by atoms with Crippen molar-refractivity contribution < 1.29 is 13.5 Å². The van der Waals surface area contributed by atoms with Crippen LogP contribution in [0.25, 0.3) is 0 Å². The second-order valence-electron chi connectivity index (χ2n) is 2.98. The molecule has 1 aromatic heterocycles. The molecule has 0 aliphatic heterocycles. The van der Waals surface area contributed by atoms with Crippen molar-refractivity contribution in [2.75, 3.05) is 0 Å². The summed E-state index contributed by atoms with van der Waals surface area (Å²) in [5, 5.41) is 0.326. The Labute approximate surface area is 110 Å². The van der Waals surface area contributed by atoms with Crippen molar-refractivity contribution in [3.8, 4) is 10.9 Å². The highest BCUT2D eigenvalue weighted by Gasteiger charge is 2.14. The minimum atomic E-state index is -1.06. The van der Waals surface area contributed by atoms with E-state index in [9.17, 15) is 8.78 Å². The van der Waals surface area contributed by atoms with Gasteiger partial charge >= 0.3 is 0 Å². The van der Waals surface area contributed by atoms with Crippen LogP contribution in [0.2, 0.25) is 5.15 Å². The fourth-order valence-electron chi connectivity index (χ4n) is 1.10. The molecule has 0 fully saturated rings. The summed E-state index contributed by atoms with van der Waals surface area (Å²) in [7, 11) is 0. The summed E-state index contributed by atoms with van der Waals surface area (Å²) < 4.78 is 31.3. The maximum atomic E-state index is 13.3. The first-order valence-corrected chi connectivity index (χ1v) is 6.17. The molecule has 0 N–H and O–H groups in total. The van der Waals surface area contributed by atoms with Gasteiger partial charge in [-0.15, -0.1) is 11.6 Å². The molecule has 0 unspecified atom stereocenters. The Bertz CT molecular complexity index is 547. The zero-order chi connectivity index (χ0) is 12.4. The number of nitrogens with zero attached hydrogens (tertiary/aromatic N) is 1. The van der Waals surface area contributed by atoms with Gasteiger partial charge in [-0.1, -0.05) is 29.0 Å². The van der Waals surface area contributed by atoms with E-state index in [0.717, 1.165) is 17.4 Å². The fraction of sp³-hybridized carbons (Fsp3) is 0.100. The maximum Gasteiger partial charge on any atom is 0.280 e. The molecule has 1 heterocycles. The van der Waals surface area contributed by atoms with Crippen molar-refractivity contribution in [3.05, 3.63) is 39.9 Å². The summed E-state index contributed by atoms with van der Waals surface area (Å²) in [5.74, 6) is -2.10. The number of thiazole rings is 1. The first-order valence-electron chi connectivity index (χ1n) is 4.45. The van der Waals surface area contributed by atoms with Crippen LogP contribution in [0.1, 0.15) is 4.88 Å². The molecule has 2 rings (SSSR count). The normalized spacial score (nSPS) is 10.6. The van der Waals surface area contributed by atoms with Gasteiger partial charge < -0.3 is 4.74 Å². The third-order valence-electron chi connectivity index (χ3n) is 1.86. The predicted molar refractivity (Wildman–Crippen MR) is 63.1 cm³/mol. The molecule has 1 aromatic carbocycles. The molecule has 0 spiro atoms. The number of hydrogen-bond donors (Lipinski definition) is 0. The van der Waals surface area contributed by atoms with Crippen LogP contribution in [0.4, 0.5) is 8.78 Å². The molecule has 0 aliphatic carbocycles. The molecule has 0 bridgehead atoms. The number of hydrogen-bond acceptors (Lipinski definition) is 3. The summed E-state index contributed by atoms with van der Waals surface area (Å²) in [6.45, 7) is 0. The number of rotatable bonds is 3. The van der Waals surface area contributed by atoms with Gasteiger partial charge in [0, 0.05) is 0 Å². The van der Waals surface area contributed by atoms with Crippen molar-refractivity contribution in [1.29, 1.82) is 0 Å². The lowest BCUT2D eigenvalue weighted by atomic mass is 10.3. The van der Waals surface area contributed by atoms with Crippen LogP contribution in [-0.4, -0.2) is 4.98 Å². The standard InChI is InChI=1S/C10H5Cl2F2NOS/c11-4-7-9(12)15-10(17-7)16-6-3-1-2-5(13)8(6)14/h1-3H,4H2. The van der Waals surface area contributed by atoms with E-state index in [0.29, 0.717) is 4.88 Å². The monoisotopic (exact) mass is 295 g/mol. The molecular formula is C10H5Cl2F2NOS.